The normalized spacial score (nSPS) is 14.0. The molecule has 30 heavy (non-hydrogen) atoms. The summed E-state index contributed by atoms with van der Waals surface area (Å²) in [5.41, 5.74) is 1.85. The Kier molecular flexibility index (Phi) is 6.15. The van der Waals surface area contributed by atoms with Crippen molar-refractivity contribution in [3.05, 3.63) is 45.1 Å². The molecule has 2 heterocycles. The van der Waals surface area contributed by atoms with Gasteiger partial charge in [-0.25, -0.2) is 4.98 Å². The zero-order chi connectivity index (χ0) is 21.3. The number of hydrogen-bond acceptors (Lipinski definition) is 6. The van der Waals surface area contributed by atoms with E-state index < -0.39 is 5.25 Å². The molecule has 3 aromatic rings. The minimum absolute atomic E-state index is 0.0288. The highest BCUT2D eigenvalue weighted by Crippen LogP contribution is 2.36. The molecule has 6 nitrogen and oxygen atoms in total. The van der Waals surface area contributed by atoms with Gasteiger partial charge in [-0.3, -0.25) is 14.2 Å². The SMILES string of the molecule is CCCn1c(SC(C)C(=O)Nc2ccccc2OC)nc2sc3c(c2c1=O)CCC3. The lowest BCUT2D eigenvalue weighted by Crippen LogP contribution is -2.27. The Hall–Kier alpha value is -2.32. The van der Waals surface area contributed by atoms with Crippen molar-refractivity contribution in [2.24, 2.45) is 0 Å². The fraction of sp³-hybridized carbons (Fsp3) is 0.409. The molecule has 1 atom stereocenters. The summed E-state index contributed by atoms with van der Waals surface area (Å²) in [4.78, 5) is 33.0. The molecule has 0 bridgehead atoms. The van der Waals surface area contributed by atoms with E-state index in [2.05, 4.69) is 5.32 Å². The van der Waals surface area contributed by atoms with Crippen LogP contribution in [0.15, 0.2) is 34.2 Å². The number of thiophene rings is 1. The van der Waals surface area contributed by atoms with Crippen LogP contribution in [0.2, 0.25) is 0 Å². The van der Waals surface area contributed by atoms with E-state index in [1.165, 1.54) is 22.2 Å². The number of aromatic nitrogens is 2. The maximum atomic E-state index is 13.3. The van der Waals surface area contributed by atoms with E-state index in [-0.39, 0.29) is 11.5 Å². The van der Waals surface area contributed by atoms with E-state index in [9.17, 15) is 9.59 Å². The summed E-state index contributed by atoms with van der Waals surface area (Å²) in [6.45, 7) is 4.47. The van der Waals surface area contributed by atoms with Gasteiger partial charge < -0.3 is 10.1 Å². The highest BCUT2D eigenvalue weighted by molar-refractivity contribution is 8.00. The van der Waals surface area contributed by atoms with Crippen molar-refractivity contribution in [2.45, 2.75) is 56.5 Å². The molecule has 1 aliphatic carbocycles. The summed E-state index contributed by atoms with van der Waals surface area (Å²) in [6, 6.07) is 7.31. The van der Waals surface area contributed by atoms with Crippen molar-refractivity contribution >= 4 is 44.9 Å². The van der Waals surface area contributed by atoms with Gasteiger partial charge in [0.25, 0.3) is 5.56 Å². The van der Waals surface area contributed by atoms with Gasteiger partial charge in [0.15, 0.2) is 5.16 Å². The Bertz CT molecular complexity index is 1150. The van der Waals surface area contributed by atoms with Crippen LogP contribution in [0.1, 0.15) is 37.1 Å². The van der Waals surface area contributed by atoms with Crippen LogP contribution in [0.3, 0.4) is 0 Å². The van der Waals surface area contributed by atoms with E-state index in [0.29, 0.717) is 23.1 Å². The van der Waals surface area contributed by atoms with Crippen molar-refractivity contribution in [1.29, 1.82) is 0 Å². The Labute approximate surface area is 183 Å². The van der Waals surface area contributed by atoms with Crippen LogP contribution < -0.4 is 15.6 Å². The van der Waals surface area contributed by atoms with Crippen LogP contribution in [0.4, 0.5) is 5.69 Å². The number of rotatable bonds is 7. The largest absolute Gasteiger partial charge is 0.495 e. The summed E-state index contributed by atoms with van der Waals surface area (Å²) in [5, 5.41) is 3.89. The molecule has 1 amide bonds. The van der Waals surface area contributed by atoms with Gasteiger partial charge in [-0.1, -0.05) is 30.8 Å². The number of benzene rings is 1. The molecule has 2 aromatic heterocycles. The molecule has 0 saturated carbocycles. The number of aryl methyl sites for hydroxylation is 2. The third-order valence-corrected chi connectivity index (χ3v) is 7.53. The molecule has 1 aromatic carbocycles. The molecule has 1 aliphatic rings. The molecule has 1 N–H and O–H groups in total. The third-order valence-electron chi connectivity index (χ3n) is 5.25. The second-order valence-electron chi connectivity index (χ2n) is 7.34. The Morgan fingerprint density at radius 3 is 2.93 bits per heavy atom. The van der Waals surface area contributed by atoms with Crippen molar-refractivity contribution in [3.8, 4) is 5.75 Å². The fourth-order valence-electron chi connectivity index (χ4n) is 3.76. The number of amides is 1. The lowest BCUT2D eigenvalue weighted by atomic mass is 10.2. The number of para-hydroxylation sites is 2. The minimum atomic E-state index is -0.422. The van der Waals surface area contributed by atoms with Crippen molar-refractivity contribution in [3.63, 3.8) is 0 Å². The smallest absolute Gasteiger partial charge is 0.263 e. The van der Waals surface area contributed by atoms with Crippen LogP contribution in [0.25, 0.3) is 10.2 Å². The number of carbonyl (C=O) groups is 1. The van der Waals surface area contributed by atoms with Gasteiger partial charge in [0.05, 0.1) is 23.4 Å². The number of ether oxygens (including phenoxy) is 1. The predicted octanol–water partition coefficient (Wildman–Crippen LogP) is 4.48. The first kappa shape index (κ1) is 20.9. The highest BCUT2D eigenvalue weighted by atomic mass is 32.2. The zero-order valence-electron chi connectivity index (χ0n) is 17.4. The van der Waals surface area contributed by atoms with E-state index >= 15 is 0 Å². The first-order valence-corrected chi connectivity index (χ1v) is 11.9. The summed E-state index contributed by atoms with van der Waals surface area (Å²) in [7, 11) is 1.57. The van der Waals surface area contributed by atoms with Gasteiger partial charge in [-0.05, 0) is 50.3 Å². The van der Waals surface area contributed by atoms with Gasteiger partial charge in [-0.15, -0.1) is 11.3 Å². The number of hydrogen-bond donors (Lipinski definition) is 1. The van der Waals surface area contributed by atoms with Crippen LogP contribution in [-0.2, 0) is 24.2 Å². The standard InChI is InChI=1S/C22H25N3O3S2/c1-4-12-25-21(27)18-14-8-7-11-17(14)30-20(18)24-22(25)29-13(2)19(26)23-15-9-5-6-10-16(15)28-3/h5-6,9-10,13H,4,7-8,11-12H2,1-3H3,(H,23,26). The molecular weight excluding hydrogens is 418 g/mol. The Morgan fingerprint density at radius 1 is 1.37 bits per heavy atom. The summed E-state index contributed by atoms with van der Waals surface area (Å²) >= 11 is 2.96. The Morgan fingerprint density at radius 2 is 2.17 bits per heavy atom. The minimum Gasteiger partial charge on any atom is -0.495 e. The van der Waals surface area contributed by atoms with Gasteiger partial charge in [0.2, 0.25) is 5.91 Å². The number of nitrogens with one attached hydrogen (secondary N) is 1. The number of fused-ring (bicyclic) bond motifs is 3. The van der Waals surface area contributed by atoms with Crippen LogP contribution in [0.5, 0.6) is 5.75 Å². The van der Waals surface area contributed by atoms with E-state index in [1.54, 1.807) is 35.1 Å². The molecule has 0 aliphatic heterocycles. The summed E-state index contributed by atoms with van der Waals surface area (Å²) in [5.74, 6) is 0.453. The number of anilines is 1. The first-order valence-electron chi connectivity index (χ1n) is 10.2. The van der Waals surface area contributed by atoms with Gasteiger partial charge >= 0.3 is 0 Å². The Balaban J connectivity index is 1.63. The third kappa shape index (κ3) is 3.86. The number of methoxy groups -OCH3 is 1. The van der Waals surface area contributed by atoms with E-state index in [0.717, 1.165) is 35.9 Å². The predicted molar refractivity (Wildman–Crippen MR) is 123 cm³/mol. The lowest BCUT2D eigenvalue weighted by Gasteiger charge is -2.16. The maximum Gasteiger partial charge on any atom is 0.263 e. The number of nitrogens with zero attached hydrogens (tertiary/aromatic N) is 2. The zero-order valence-corrected chi connectivity index (χ0v) is 19.0. The van der Waals surface area contributed by atoms with Crippen molar-refractivity contribution < 1.29 is 9.53 Å². The average Bonchev–Trinajstić information content (AvgIpc) is 3.32. The molecule has 158 valence electrons. The van der Waals surface area contributed by atoms with Crippen LogP contribution in [0, 0.1) is 0 Å². The molecule has 0 radical (unpaired) electrons. The summed E-state index contributed by atoms with van der Waals surface area (Å²) in [6.07, 6.45) is 3.93. The van der Waals surface area contributed by atoms with E-state index in [1.807, 2.05) is 26.0 Å². The molecule has 0 spiro atoms. The van der Waals surface area contributed by atoms with Crippen molar-refractivity contribution in [1.82, 2.24) is 9.55 Å². The second kappa shape index (κ2) is 8.81. The molecule has 8 heteroatoms. The molecular formula is C22H25N3O3S2. The average molecular weight is 444 g/mol. The topological polar surface area (TPSA) is 73.2 Å². The quantitative estimate of drug-likeness (QED) is 0.430. The first-order chi connectivity index (χ1) is 14.5. The van der Waals surface area contributed by atoms with Crippen LogP contribution >= 0.6 is 23.1 Å². The highest BCUT2D eigenvalue weighted by Gasteiger charge is 2.25. The number of carbonyl (C=O) groups excluding carboxylic acids is 1. The molecule has 0 fully saturated rings. The van der Waals surface area contributed by atoms with Crippen LogP contribution in [-0.4, -0.2) is 27.8 Å². The van der Waals surface area contributed by atoms with E-state index in [4.69, 9.17) is 9.72 Å². The molecule has 4 rings (SSSR count). The lowest BCUT2D eigenvalue weighted by molar-refractivity contribution is -0.115. The number of thioether (sulfide) groups is 1. The van der Waals surface area contributed by atoms with Gasteiger partial charge in [0.1, 0.15) is 10.6 Å². The fourth-order valence-corrected chi connectivity index (χ4v) is 6.00. The van der Waals surface area contributed by atoms with Gasteiger partial charge in [-0.2, -0.15) is 0 Å². The summed E-state index contributed by atoms with van der Waals surface area (Å²) < 4.78 is 7.05. The monoisotopic (exact) mass is 443 g/mol. The maximum absolute atomic E-state index is 13.3. The van der Waals surface area contributed by atoms with Crippen molar-refractivity contribution in [2.75, 3.05) is 12.4 Å². The molecule has 0 saturated heterocycles. The molecule has 1 unspecified atom stereocenters. The van der Waals surface area contributed by atoms with Gasteiger partial charge in [0, 0.05) is 11.4 Å². The second-order valence-corrected chi connectivity index (χ2v) is 9.73.